The molecule has 0 saturated carbocycles. The Hall–Kier alpha value is -0.890. The minimum atomic E-state index is 0.674. The second kappa shape index (κ2) is 7.39. The molecule has 0 saturated heterocycles. The van der Waals surface area contributed by atoms with Crippen LogP contribution in [0.5, 0.6) is 0 Å². The first-order valence-corrected chi connectivity index (χ1v) is 6.28. The van der Waals surface area contributed by atoms with E-state index in [1.807, 2.05) is 0 Å². The van der Waals surface area contributed by atoms with Crippen molar-refractivity contribution in [1.82, 2.24) is 0 Å². The van der Waals surface area contributed by atoms with Crippen molar-refractivity contribution in [3.63, 3.8) is 0 Å². The molecule has 1 aromatic heterocycles. The predicted octanol–water partition coefficient (Wildman–Crippen LogP) is 3.15. The first-order chi connectivity index (χ1) is 7.74. The van der Waals surface area contributed by atoms with Gasteiger partial charge in [0.1, 0.15) is 0 Å². The molecule has 16 heavy (non-hydrogen) atoms. The molecule has 1 rings (SSSR count). The van der Waals surface area contributed by atoms with Gasteiger partial charge in [0.25, 0.3) is 6.73 Å². The van der Waals surface area contributed by atoms with Crippen molar-refractivity contribution in [2.24, 2.45) is 0 Å². The Morgan fingerprint density at radius 2 is 1.94 bits per heavy atom. The number of unbranched alkanes of at least 4 members (excludes halogenated alkanes) is 3. The summed E-state index contributed by atoms with van der Waals surface area (Å²) in [5.74, 6) is 0. The summed E-state index contributed by atoms with van der Waals surface area (Å²) < 4.78 is 7.72. The molecule has 0 aliphatic carbocycles. The minimum Gasteiger partial charge on any atom is -0.323 e. The zero-order valence-electron chi connectivity index (χ0n) is 10.8. The molecule has 2 heteroatoms. The molecule has 0 aliphatic rings. The lowest BCUT2D eigenvalue weighted by Crippen LogP contribution is -2.35. The van der Waals surface area contributed by atoms with Crippen LogP contribution in [0.2, 0.25) is 0 Å². The zero-order valence-corrected chi connectivity index (χ0v) is 10.8. The molecule has 1 heterocycles. The van der Waals surface area contributed by atoms with Gasteiger partial charge in [0.15, 0.2) is 12.4 Å². The van der Waals surface area contributed by atoms with Crippen molar-refractivity contribution in [1.29, 1.82) is 0 Å². The van der Waals surface area contributed by atoms with Crippen LogP contribution in [0, 0.1) is 13.8 Å². The number of rotatable bonds is 7. The Morgan fingerprint density at radius 1 is 1.12 bits per heavy atom. The highest BCUT2D eigenvalue weighted by atomic mass is 16.5. The van der Waals surface area contributed by atoms with E-state index in [1.54, 1.807) is 0 Å². The van der Waals surface area contributed by atoms with E-state index in [0.717, 1.165) is 6.61 Å². The van der Waals surface area contributed by atoms with Crippen molar-refractivity contribution >= 4 is 0 Å². The van der Waals surface area contributed by atoms with Gasteiger partial charge in [-0.05, 0) is 25.8 Å². The fourth-order valence-corrected chi connectivity index (χ4v) is 1.61. The number of nitrogens with zero attached hydrogens (tertiary/aromatic N) is 1. The topological polar surface area (TPSA) is 13.1 Å². The molecule has 0 aliphatic heterocycles. The minimum absolute atomic E-state index is 0.674. The fraction of sp³-hybridized carbons (Fsp3) is 0.643. The Bertz CT molecular complexity index is 310. The van der Waals surface area contributed by atoms with Crippen molar-refractivity contribution in [3.8, 4) is 0 Å². The van der Waals surface area contributed by atoms with E-state index in [1.165, 1.54) is 36.8 Å². The Kier molecular flexibility index (Phi) is 6.09. The van der Waals surface area contributed by atoms with E-state index in [-0.39, 0.29) is 0 Å². The van der Waals surface area contributed by atoms with E-state index in [4.69, 9.17) is 4.74 Å². The number of hydrogen-bond donors (Lipinski definition) is 0. The summed E-state index contributed by atoms with van der Waals surface area (Å²) in [5, 5.41) is 0. The molecular formula is C14H24NO+. The summed E-state index contributed by atoms with van der Waals surface area (Å²) in [5.41, 5.74) is 2.65. The van der Waals surface area contributed by atoms with Crippen molar-refractivity contribution in [2.45, 2.75) is 53.2 Å². The van der Waals surface area contributed by atoms with Crippen LogP contribution in [0.25, 0.3) is 0 Å². The first kappa shape index (κ1) is 13.2. The summed E-state index contributed by atoms with van der Waals surface area (Å²) in [6.07, 6.45) is 9.29. The van der Waals surface area contributed by atoms with Gasteiger partial charge in [0, 0.05) is 11.6 Å². The monoisotopic (exact) mass is 222 g/mol. The Labute approximate surface area is 99.3 Å². The van der Waals surface area contributed by atoms with Gasteiger partial charge in [-0.2, -0.15) is 4.57 Å². The van der Waals surface area contributed by atoms with Crippen LogP contribution < -0.4 is 4.57 Å². The van der Waals surface area contributed by atoms with E-state index >= 15 is 0 Å². The van der Waals surface area contributed by atoms with E-state index < -0.39 is 0 Å². The maximum absolute atomic E-state index is 5.62. The number of aromatic nitrogens is 1. The molecule has 0 amide bonds. The van der Waals surface area contributed by atoms with Gasteiger partial charge >= 0.3 is 0 Å². The molecular weight excluding hydrogens is 198 g/mol. The smallest absolute Gasteiger partial charge is 0.252 e. The maximum atomic E-state index is 5.62. The third-order valence-electron chi connectivity index (χ3n) is 2.88. The van der Waals surface area contributed by atoms with Gasteiger partial charge in [-0.3, -0.25) is 0 Å². The van der Waals surface area contributed by atoms with Gasteiger partial charge in [0.05, 0.1) is 6.61 Å². The van der Waals surface area contributed by atoms with Gasteiger partial charge in [-0.25, -0.2) is 0 Å². The summed E-state index contributed by atoms with van der Waals surface area (Å²) in [6.45, 7) is 8.04. The van der Waals surface area contributed by atoms with Crippen LogP contribution in [0.15, 0.2) is 18.5 Å². The van der Waals surface area contributed by atoms with Gasteiger partial charge < -0.3 is 4.74 Å². The highest BCUT2D eigenvalue weighted by Crippen LogP contribution is 2.01. The number of ether oxygens (including phenoxy) is 1. The number of pyridine rings is 1. The Morgan fingerprint density at radius 3 is 2.62 bits per heavy atom. The summed E-state index contributed by atoms with van der Waals surface area (Å²) in [4.78, 5) is 0. The standard InChI is InChI=1S/C14H24NO/c1-4-5-6-7-10-16-12-15-9-8-13(2)14(3)11-15/h8-9,11H,4-7,10,12H2,1-3H3/q+1. The largest absolute Gasteiger partial charge is 0.323 e. The van der Waals surface area contributed by atoms with Crippen LogP contribution in [-0.4, -0.2) is 6.61 Å². The fourth-order valence-electron chi connectivity index (χ4n) is 1.61. The van der Waals surface area contributed by atoms with E-state index in [9.17, 15) is 0 Å². The van der Waals surface area contributed by atoms with Gasteiger partial charge in [-0.1, -0.05) is 26.2 Å². The first-order valence-electron chi connectivity index (χ1n) is 6.28. The maximum Gasteiger partial charge on any atom is 0.252 e. The second-order valence-corrected chi connectivity index (χ2v) is 4.42. The zero-order chi connectivity index (χ0) is 11.8. The molecule has 1 aromatic rings. The van der Waals surface area contributed by atoms with Gasteiger partial charge in [0.2, 0.25) is 0 Å². The lowest BCUT2D eigenvalue weighted by Gasteiger charge is -2.02. The third kappa shape index (κ3) is 4.75. The molecule has 0 bridgehead atoms. The number of hydrogen-bond acceptors (Lipinski definition) is 1. The summed E-state index contributed by atoms with van der Waals surface area (Å²) >= 11 is 0. The van der Waals surface area contributed by atoms with Crippen LogP contribution in [-0.2, 0) is 11.5 Å². The Balaban J connectivity index is 2.19. The third-order valence-corrected chi connectivity index (χ3v) is 2.88. The van der Waals surface area contributed by atoms with Crippen molar-refractivity contribution in [3.05, 3.63) is 29.6 Å². The lowest BCUT2D eigenvalue weighted by atomic mass is 10.2. The molecule has 2 nitrogen and oxygen atoms in total. The van der Waals surface area contributed by atoms with Crippen LogP contribution in [0.1, 0.15) is 43.7 Å². The molecule has 0 unspecified atom stereocenters. The van der Waals surface area contributed by atoms with Crippen LogP contribution >= 0.6 is 0 Å². The lowest BCUT2D eigenvalue weighted by molar-refractivity contribution is -0.733. The van der Waals surface area contributed by atoms with Crippen molar-refractivity contribution < 1.29 is 9.30 Å². The van der Waals surface area contributed by atoms with E-state index in [2.05, 4.69) is 43.8 Å². The molecule has 0 atom stereocenters. The normalized spacial score (nSPS) is 10.7. The molecule has 0 aromatic carbocycles. The number of aryl methyl sites for hydroxylation is 2. The average molecular weight is 222 g/mol. The predicted molar refractivity (Wildman–Crippen MR) is 66.2 cm³/mol. The molecule has 90 valence electrons. The highest BCUT2D eigenvalue weighted by Gasteiger charge is 2.02. The van der Waals surface area contributed by atoms with Crippen molar-refractivity contribution in [2.75, 3.05) is 6.61 Å². The summed E-state index contributed by atoms with van der Waals surface area (Å²) in [7, 11) is 0. The SMILES string of the molecule is CCCCCCOC[n+]1ccc(C)c(C)c1. The molecule has 0 spiro atoms. The molecule has 0 N–H and O–H groups in total. The summed E-state index contributed by atoms with van der Waals surface area (Å²) in [6, 6.07) is 2.13. The molecule has 0 radical (unpaired) electrons. The van der Waals surface area contributed by atoms with Crippen LogP contribution in [0.3, 0.4) is 0 Å². The quantitative estimate of drug-likeness (QED) is 0.510. The second-order valence-electron chi connectivity index (χ2n) is 4.42. The average Bonchev–Trinajstić information content (AvgIpc) is 2.28. The van der Waals surface area contributed by atoms with Crippen LogP contribution in [0.4, 0.5) is 0 Å². The highest BCUT2D eigenvalue weighted by molar-refractivity contribution is 5.16. The molecule has 0 fully saturated rings. The van der Waals surface area contributed by atoms with Gasteiger partial charge in [-0.15, -0.1) is 0 Å². The van der Waals surface area contributed by atoms with E-state index in [0.29, 0.717) is 6.73 Å².